The van der Waals surface area contributed by atoms with Crippen LogP contribution in [0, 0.1) is 5.92 Å². The van der Waals surface area contributed by atoms with Crippen LogP contribution < -0.4 is 10.2 Å². The molecular weight excluding hydrogens is 244 g/mol. The summed E-state index contributed by atoms with van der Waals surface area (Å²) in [5, 5.41) is 12.4. The molecule has 6 heteroatoms. The molecule has 0 spiro atoms. The fraction of sp³-hybridized carbons (Fsp3) is 0.615. The van der Waals surface area contributed by atoms with Crippen molar-refractivity contribution in [1.82, 2.24) is 15.3 Å². The molecule has 2 N–H and O–H groups in total. The predicted octanol–water partition coefficient (Wildman–Crippen LogP) is 0.913. The Morgan fingerprint density at radius 2 is 2.21 bits per heavy atom. The fourth-order valence-corrected chi connectivity index (χ4v) is 2.37. The predicted molar refractivity (Wildman–Crippen MR) is 72.5 cm³/mol. The average molecular weight is 264 g/mol. The van der Waals surface area contributed by atoms with Gasteiger partial charge in [0.05, 0.1) is 5.69 Å². The first-order valence-electron chi connectivity index (χ1n) is 6.54. The van der Waals surface area contributed by atoms with Gasteiger partial charge in [-0.25, -0.2) is 14.8 Å². The van der Waals surface area contributed by atoms with Gasteiger partial charge in [-0.15, -0.1) is 0 Å². The summed E-state index contributed by atoms with van der Waals surface area (Å²) in [5.41, 5.74) is 1.89. The Labute approximate surface area is 112 Å². The molecule has 0 saturated heterocycles. The number of anilines is 1. The zero-order chi connectivity index (χ0) is 14.0. The number of hydrogen-bond donors (Lipinski definition) is 2. The number of carbonyl (C=O) groups is 1. The van der Waals surface area contributed by atoms with Crippen molar-refractivity contribution in [2.75, 3.05) is 25.0 Å². The van der Waals surface area contributed by atoms with Crippen molar-refractivity contribution in [3.8, 4) is 0 Å². The van der Waals surface area contributed by atoms with Gasteiger partial charge in [0.15, 0.2) is 0 Å². The normalized spacial score (nSPS) is 14.3. The van der Waals surface area contributed by atoms with E-state index in [0.29, 0.717) is 12.5 Å². The number of nitrogens with zero attached hydrogens (tertiary/aromatic N) is 3. The third kappa shape index (κ3) is 3.01. The van der Waals surface area contributed by atoms with Crippen LogP contribution in [0.5, 0.6) is 0 Å². The number of rotatable bonds is 4. The summed E-state index contributed by atoms with van der Waals surface area (Å²) in [5.74, 6) is 0.0514. The van der Waals surface area contributed by atoms with Gasteiger partial charge in [0, 0.05) is 38.7 Å². The SMILES string of the molecule is CC(C)CN(C)c1nc(C(=O)O)nc2c1CNCC2. The maximum absolute atomic E-state index is 11.1. The molecule has 0 aromatic carbocycles. The quantitative estimate of drug-likeness (QED) is 0.841. The van der Waals surface area contributed by atoms with E-state index in [4.69, 9.17) is 5.11 Å². The number of aromatic nitrogens is 2. The van der Waals surface area contributed by atoms with Gasteiger partial charge < -0.3 is 15.3 Å². The van der Waals surface area contributed by atoms with Gasteiger partial charge in [0.25, 0.3) is 0 Å². The van der Waals surface area contributed by atoms with Crippen molar-refractivity contribution in [1.29, 1.82) is 0 Å². The van der Waals surface area contributed by atoms with Crippen LogP contribution in [0.3, 0.4) is 0 Å². The Kier molecular flexibility index (Phi) is 3.99. The van der Waals surface area contributed by atoms with Crippen molar-refractivity contribution in [2.45, 2.75) is 26.8 Å². The molecule has 0 amide bonds. The molecular formula is C13H20N4O2. The molecule has 0 atom stereocenters. The molecule has 1 aliphatic heterocycles. The van der Waals surface area contributed by atoms with E-state index in [0.717, 1.165) is 36.6 Å². The Morgan fingerprint density at radius 1 is 1.47 bits per heavy atom. The number of hydrogen-bond acceptors (Lipinski definition) is 5. The van der Waals surface area contributed by atoms with Gasteiger partial charge in [0.1, 0.15) is 5.82 Å². The summed E-state index contributed by atoms with van der Waals surface area (Å²) >= 11 is 0. The first-order valence-corrected chi connectivity index (χ1v) is 6.54. The first kappa shape index (κ1) is 13.7. The fourth-order valence-electron chi connectivity index (χ4n) is 2.37. The smallest absolute Gasteiger partial charge is 0.374 e. The maximum Gasteiger partial charge on any atom is 0.374 e. The third-order valence-electron chi connectivity index (χ3n) is 3.10. The lowest BCUT2D eigenvalue weighted by atomic mass is 10.1. The van der Waals surface area contributed by atoms with Gasteiger partial charge >= 0.3 is 5.97 Å². The number of carboxylic acids is 1. The van der Waals surface area contributed by atoms with Crippen molar-refractivity contribution >= 4 is 11.8 Å². The lowest BCUT2D eigenvalue weighted by molar-refractivity contribution is 0.0683. The van der Waals surface area contributed by atoms with Crippen molar-refractivity contribution in [2.24, 2.45) is 5.92 Å². The van der Waals surface area contributed by atoms with Crippen LogP contribution in [0.25, 0.3) is 0 Å². The van der Waals surface area contributed by atoms with Crippen molar-refractivity contribution in [3.63, 3.8) is 0 Å². The van der Waals surface area contributed by atoms with Gasteiger partial charge in [-0.1, -0.05) is 13.8 Å². The van der Waals surface area contributed by atoms with Crippen LogP contribution in [-0.2, 0) is 13.0 Å². The van der Waals surface area contributed by atoms with E-state index >= 15 is 0 Å². The lowest BCUT2D eigenvalue weighted by Crippen LogP contribution is -2.32. The molecule has 2 rings (SSSR count). The highest BCUT2D eigenvalue weighted by Gasteiger charge is 2.22. The molecule has 0 fully saturated rings. The molecule has 1 aromatic rings. The van der Waals surface area contributed by atoms with Crippen LogP contribution in [-0.4, -0.2) is 41.2 Å². The largest absolute Gasteiger partial charge is 0.475 e. The molecule has 104 valence electrons. The summed E-state index contributed by atoms with van der Waals surface area (Å²) in [6, 6.07) is 0. The topological polar surface area (TPSA) is 78.4 Å². The first-order chi connectivity index (χ1) is 8.99. The summed E-state index contributed by atoms with van der Waals surface area (Å²) in [6.07, 6.45) is 0.751. The molecule has 1 aromatic heterocycles. The van der Waals surface area contributed by atoms with E-state index in [1.807, 2.05) is 11.9 Å². The number of aromatic carboxylic acids is 1. The standard InChI is InChI=1S/C13H20N4O2/c1-8(2)7-17(3)12-9-6-14-5-4-10(9)15-11(16-12)13(18)19/h8,14H,4-7H2,1-3H3,(H,18,19). The molecule has 0 radical (unpaired) electrons. The molecule has 19 heavy (non-hydrogen) atoms. The number of fused-ring (bicyclic) bond motifs is 1. The Morgan fingerprint density at radius 3 is 2.84 bits per heavy atom. The van der Waals surface area contributed by atoms with E-state index < -0.39 is 5.97 Å². The van der Waals surface area contributed by atoms with Gasteiger partial charge in [-0.2, -0.15) is 0 Å². The number of nitrogens with one attached hydrogen (secondary N) is 1. The van der Waals surface area contributed by atoms with Gasteiger partial charge in [0.2, 0.25) is 5.82 Å². The zero-order valence-corrected chi connectivity index (χ0v) is 11.6. The van der Waals surface area contributed by atoms with Gasteiger partial charge in [-0.3, -0.25) is 0 Å². The van der Waals surface area contributed by atoms with Crippen molar-refractivity contribution < 1.29 is 9.90 Å². The second-order valence-electron chi connectivity index (χ2n) is 5.30. The Balaban J connectivity index is 2.44. The van der Waals surface area contributed by atoms with E-state index in [1.54, 1.807) is 0 Å². The number of carboxylic acid groups (broad SMARTS) is 1. The second-order valence-corrected chi connectivity index (χ2v) is 5.30. The average Bonchev–Trinajstić information content (AvgIpc) is 2.36. The molecule has 6 nitrogen and oxygen atoms in total. The van der Waals surface area contributed by atoms with Crippen LogP contribution in [0.4, 0.5) is 5.82 Å². The monoisotopic (exact) mass is 264 g/mol. The van der Waals surface area contributed by atoms with E-state index in [2.05, 4.69) is 29.1 Å². The van der Waals surface area contributed by atoms with E-state index in [1.165, 1.54) is 0 Å². The molecule has 2 heterocycles. The van der Waals surface area contributed by atoms with E-state index in [-0.39, 0.29) is 5.82 Å². The van der Waals surface area contributed by atoms with Crippen LogP contribution in [0.15, 0.2) is 0 Å². The van der Waals surface area contributed by atoms with Crippen molar-refractivity contribution in [3.05, 3.63) is 17.1 Å². The van der Waals surface area contributed by atoms with E-state index in [9.17, 15) is 4.79 Å². The summed E-state index contributed by atoms with van der Waals surface area (Å²) in [7, 11) is 1.95. The highest BCUT2D eigenvalue weighted by molar-refractivity contribution is 5.84. The minimum absolute atomic E-state index is 0.105. The highest BCUT2D eigenvalue weighted by Crippen LogP contribution is 2.23. The maximum atomic E-state index is 11.1. The summed E-state index contributed by atoms with van der Waals surface area (Å²) < 4.78 is 0. The molecule has 0 aliphatic carbocycles. The second kappa shape index (κ2) is 5.52. The minimum Gasteiger partial charge on any atom is -0.475 e. The molecule has 0 unspecified atom stereocenters. The summed E-state index contributed by atoms with van der Waals surface area (Å²) in [6.45, 7) is 6.62. The third-order valence-corrected chi connectivity index (χ3v) is 3.10. The minimum atomic E-state index is -1.07. The molecule has 0 saturated carbocycles. The van der Waals surface area contributed by atoms with Crippen LogP contribution in [0.1, 0.15) is 35.7 Å². The molecule has 1 aliphatic rings. The highest BCUT2D eigenvalue weighted by atomic mass is 16.4. The Bertz CT molecular complexity index is 488. The summed E-state index contributed by atoms with van der Waals surface area (Å²) in [4.78, 5) is 21.5. The van der Waals surface area contributed by atoms with Crippen LogP contribution in [0.2, 0.25) is 0 Å². The lowest BCUT2D eigenvalue weighted by Gasteiger charge is -2.26. The zero-order valence-electron chi connectivity index (χ0n) is 11.6. The molecule has 0 bridgehead atoms. The Hall–Kier alpha value is -1.69. The van der Waals surface area contributed by atoms with Gasteiger partial charge in [-0.05, 0) is 5.92 Å². The van der Waals surface area contributed by atoms with Crippen LogP contribution >= 0.6 is 0 Å².